The van der Waals surface area contributed by atoms with Gasteiger partial charge in [0, 0.05) is 5.54 Å². The van der Waals surface area contributed by atoms with Gasteiger partial charge in [0.25, 0.3) is 0 Å². The Bertz CT molecular complexity index is 292. The molecule has 5 nitrogen and oxygen atoms in total. The number of hydrogen-bond acceptors (Lipinski definition) is 5. The van der Waals surface area contributed by atoms with Gasteiger partial charge in [-0.15, -0.1) is 0 Å². The van der Waals surface area contributed by atoms with Crippen molar-refractivity contribution in [1.29, 1.82) is 0 Å². The van der Waals surface area contributed by atoms with Crippen LogP contribution in [-0.4, -0.2) is 35.6 Å². The van der Waals surface area contributed by atoms with Crippen molar-refractivity contribution < 1.29 is 47.6 Å². The maximum absolute atomic E-state index is 10.6. The van der Waals surface area contributed by atoms with Gasteiger partial charge >= 0.3 is 29.6 Å². The van der Waals surface area contributed by atoms with Gasteiger partial charge in [-0.05, 0) is 26.2 Å². The first-order chi connectivity index (χ1) is 6.57. The summed E-state index contributed by atoms with van der Waals surface area (Å²) in [6, 6.07) is 0. The largest absolute Gasteiger partial charge is 1.00 e. The molecule has 0 rings (SSSR count). The van der Waals surface area contributed by atoms with E-state index in [-0.39, 0.29) is 35.5 Å². The molecule has 92 valence electrons. The van der Waals surface area contributed by atoms with Gasteiger partial charge in [0.2, 0.25) is 0 Å². The van der Waals surface area contributed by atoms with E-state index in [1.165, 1.54) is 0 Å². The second-order valence-electron chi connectivity index (χ2n) is 4.56. The molecular weight excluding hydrogens is 241 g/mol. The topological polar surface area (TPSA) is 89.5 Å². The molecule has 0 bridgehead atoms. The van der Waals surface area contributed by atoms with Crippen molar-refractivity contribution in [3.63, 3.8) is 0 Å². The van der Waals surface area contributed by atoms with Crippen LogP contribution in [0, 0.1) is 5.92 Å². The first-order valence-corrected chi connectivity index (χ1v) is 6.54. The van der Waals surface area contributed by atoms with Gasteiger partial charge in [-0.2, -0.15) is 0 Å². The number of nitrogens with one attached hydrogen (secondary N) is 1. The molecule has 0 saturated carbocycles. The number of hydrogen-bond donors (Lipinski definition) is 2. The van der Waals surface area contributed by atoms with Crippen molar-refractivity contribution in [2.75, 3.05) is 5.75 Å². The zero-order chi connectivity index (χ0) is 12.3. The van der Waals surface area contributed by atoms with Crippen LogP contribution in [0.3, 0.4) is 0 Å². The SMILES string of the molecule is CCC(C)C(O)NC(C)(C)CS(=O)(=O)[O-].[Na+]. The van der Waals surface area contributed by atoms with Crippen LogP contribution in [-0.2, 0) is 10.1 Å². The quantitative estimate of drug-likeness (QED) is 0.308. The van der Waals surface area contributed by atoms with Crippen molar-refractivity contribution >= 4 is 10.1 Å². The van der Waals surface area contributed by atoms with Gasteiger partial charge in [-0.1, -0.05) is 13.8 Å². The summed E-state index contributed by atoms with van der Waals surface area (Å²) in [6.07, 6.45) is -0.0271. The van der Waals surface area contributed by atoms with E-state index >= 15 is 0 Å². The smallest absolute Gasteiger partial charge is 0.748 e. The normalized spacial score (nSPS) is 16.4. The second-order valence-corrected chi connectivity index (χ2v) is 5.96. The third-order valence-electron chi connectivity index (χ3n) is 2.26. The van der Waals surface area contributed by atoms with E-state index in [0.29, 0.717) is 0 Å². The predicted molar refractivity (Wildman–Crippen MR) is 57.2 cm³/mol. The molecule has 0 aromatic carbocycles. The summed E-state index contributed by atoms with van der Waals surface area (Å²) >= 11 is 0. The molecule has 2 N–H and O–H groups in total. The van der Waals surface area contributed by atoms with Crippen molar-refractivity contribution in [2.24, 2.45) is 5.92 Å². The molecule has 0 aliphatic rings. The fourth-order valence-electron chi connectivity index (χ4n) is 1.25. The Hall–Kier alpha value is 0.830. The van der Waals surface area contributed by atoms with E-state index < -0.39 is 27.6 Å². The Morgan fingerprint density at radius 3 is 2.19 bits per heavy atom. The number of rotatable bonds is 6. The van der Waals surface area contributed by atoms with E-state index in [9.17, 15) is 18.1 Å². The molecule has 7 heteroatoms. The summed E-state index contributed by atoms with van der Waals surface area (Å²) in [5, 5.41) is 12.4. The molecule has 0 aromatic heterocycles. The van der Waals surface area contributed by atoms with Crippen molar-refractivity contribution in [2.45, 2.75) is 45.9 Å². The Labute approximate surface area is 120 Å². The number of aliphatic hydroxyl groups excluding tert-OH is 1. The molecule has 0 saturated heterocycles. The Morgan fingerprint density at radius 2 is 1.88 bits per heavy atom. The molecule has 0 aromatic rings. The van der Waals surface area contributed by atoms with Crippen LogP contribution in [0.25, 0.3) is 0 Å². The third-order valence-corrected chi connectivity index (χ3v) is 3.33. The van der Waals surface area contributed by atoms with E-state index in [0.717, 1.165) is 6.42 Å². The molecule has 2 atom stereocenters. The molecule has 0 aliphatic heterocycles. The Balaban J connectivity index is 0. The molecule has 0 radical (unpaired) electrons. The van der Waals surface area contributed by atoms with Crippen molar-refractivity contribution in [3.05, 3.63) is 0 Å². The van der Waals surface area contributed by atoms with E-state index in [2.05, 4.69) is 5.32 Å². The van der Waals surface area contributed by atoms with Gasteiger partial charge in [0.1, 0.15) is 6.23 Å². The second kappa shape index (κ2) is 7.31. The average Bonchev–Trinajstić information content (AvgIpc) is 1.96. The van der Waals surface area contributed by atoms with E-state index in [1.54, 1.807) is 13.8 Å². The summed E-state index contributed by atoms with van der Waals surface area (Å²) in [4.78, 5) is 0. The van der Waals surface area contributed by atoms with Crippen molar-refractivity contribution in [1.82, 2.24) is 5.32 Å². The van der Waals surface area contributed by atoms with Crippen LogP contribution < -0.4 is 34.9 Å². The molecule has 0 spiro atoms. The summed E-state index contributed by atoms with van der Waals surface area (Å²) in [7, 11) is -4.28. The van der Waals surface area contributed by atoms with Crippen LogP contribution in [0.4, 0.5) is 0 Å². The fourth-order valence-corrected chi connectivity index (χ4v) is 2.22. The molecule has 0 amide bonds. The van der Waals surface area contributed by atoms with Crippen LogP contribution in [0.1, 0.15) is 34.1 Å². The van der Waals surface area contributed by atoms with Gasteiger partial charge in [-0.25, -0.2) is 8.42 Å². The zero-order valence-electron chi connectivity index (χ0n) is 10.6. The summed E-state index contributed by atoms with van der Waals surface area (Å²) in [6.45, 7) is 6.93. The first-order valence-electron chi connectivity index (χ1n) is 4.97. The van der Waals surface area contributed by atoms with Gasteiger partial charge in [0.15, 0.2) is 0 Å². The molecule has 2 unspecified atom stereocenters. The minimum absolute atomic E-state index is 0. The monoisotopic (exact) mass is 261 g/mol. The molecule has 16 heavy (non-hydrogen) atoms. The fraction of sp³-hybridized carbons (Fsp3) is 1.00. The summed E-state index contributed by atoms with van der Waals surface area (Å²) < 4.78 is 31.8. The van der Waals surface area contributed by atoms with Gasteiger partial charge in [-0.3, -0.25) is 5.32 Å². The van der Waals surface area contributed by atoms with Crippen LogP contribution >= 0.6 is 0 Å². The third kappa shape index (κ3) is 8.92. The van der Waals surface area contributed by atoms with Crippen LogP contribution in [0.2, 0.25) is 0 Å². The molecular formula is C9H20NNaO4S. The van der Waals surface area contributed by atoms with Gasteiger partial charge in [0.05, 0.1) is 15.9 Å². The molecule has 0 aliphatic carbocycles. The van der Waals surface area contributed by atoms with Crippen molar-refractivity contribution in [3.8, 4) is 0 Å². The first kappa shape index (κ1) is 19.2. The summed E-state index contributed by atoms with van der Waals surface area (Å²) in [5.41, 5.74) is -0.913. The minimum Gasteiger partial charge on any atom is -0.748 e. The van der Waals surface area contributed by atoms with Crippen LogP contribution in [0.5, 0.6) is 0 Å². The van der Waals surface area contributed by atoms with Gasteiger partial charge < -0.3 is 9.66 Å². The van der Waals surface area contributed by atoms with E-state index in [4.69, 9.17) is 0 Å². The Kier molecular flexibility index (Phi) is 8.76. The maximum atomic E-state index is 10.6. The molecule has 0 heterocycles. The average molecular weight is 261 g/mol. The summed E-state index contributed by atoms with van der Waals surface area (Å²) in [5.74, 6) is -0.522. The van der Waals surface area contributed by atoms with E-state index in [1.807, 2.05) is 13.8 Å². The zero-order valence-corrected chi connectivity index (χ0v) is 13.5. The number of aliphatic hydroxyl groups is 1. The Morgan fingerprint density at radius 1 is 1.44 bits per heavy atom. The standard InChI is InChI=1S/C9H21NO4S.Na/c1-5-7(2)8(11)10-9(3,4)6-15(12,13)14;/h7-8,10-11H,5-6H2,1-4H3,(H,12,13,14);/q;+1/p-1. The maximum Gasteiger partial charge on any atom is 1.00 e. The predicted octanol–water partition coefficient (Wildman–Crippen LogP) is -2.73. The molecule has 0 fully saturated rings. The van der Waals surface area contributed by atoms with Crippen LogP contribution in [0.15, 0.2) is 0 Å². The minimum atomic E-state index is -4.28.